The lowest BCUT2D eigenvalue weighted by molar-refractivity contribution is 0.333. The summed E-state index contributed by atoms with van der Waals surface area (Å²) < 4.78 is 4.25. The zero-order valence-electron chi connectivity index (χ0n) is 10.3. The van der Waals surface area contributed by atoms with Crippen LogP contribution in [0.15, 0.2) is 5.38 Å². The van der Waals surface area contributed by atoms with E-state index in [-0.39, 0.29) is 0 Å². The molecular weight excluding hydrogens is 264 g/mol. The number of hydrogen-bond acceptors (Lipinski definition) is 6. The number of rotatable bonds is 4. The van der Waals surface area contributed by atoms with Gasteiger partial charge in [0.2, 0.25) is 0 Å². The molecule has 0 bridgehead atoms. The summed E-state index contributed by atoms with van der Waals surface area (Å²) in [7, 11) is 0. The second-order valence-corrected chi connectivity index (χ2v) is 6.54. The molecule has 2 aromatic rings. The van der Waals surface area contributed by atoms with E-state index in [9.17, 15) is 0 Å². The van der Waals surface area contributed by atoms with E-state index in [1.165, 1.54) is 30.8 Å². The summed E-state index contributed by atoms with van der Waals surface area (Å²) in [4.78, 5) is 4.50. The highest BCUT2D eigenvalue weighted by Crippen LogP contribution is 2.37. The van der Waals surface area contributed by atoms with Crippen molar-refractivity contribution in [2.24, 2.45) is 5.92 Å². The Hall–Kier alpha value is -1.14. The fraction of sp³-hybridized carbons (Fsp3) is 0.500. The van der Waals surface area contributed by atoms with Crippen molar-refractivity contribution in [3.63, 3.8) is 0 Å². The van der Waals surface area contributed by atoms with Crippen molar-refractivity contribution in [1.29, 1.82) is 0 Å². The molecule has 0 amide bonds. The summed E-state index contributed by atoms with van der Waals surface area (Å²) in [6.45, 7) is 3.03. The van der Waals surface area contributed by atoms with Crippen LogP contribution >= 0.6 is 22.9 Å². The number of nitrogens with one attached hydrogen (secondary N) is 1. The molecular formula is C12H16N4S2. The van der Waals surface area contributed by atoms with Crippen molar-refractivity contribution >= 4 is 33.7 Å². The summed E-state index contributed by atoms with van der Waals surface area (Å²) >= 11 is 3.08. The molecule has 0 radical (unpaired) electrons. The Morgan fingerprint density at radius 3 is 2.94 bits per heavy atom. The Balaban J connectivity index is 1.81. The predicted molar refractivity (Wildman–Crippen MR) is 78.2 cm³/mol. The predicted octanol–water partition coefficient (Wildman–Crippen LogP) is 3.37. The van der Waals surface area contributed by atoms with Gasteiger partial charge in [0.15, 0.2) is 0 Å². The Morgan fingerprint density at radius 2 is 2.33 bits per heavy atom. The Kier molecular flexibility index (Phi) is 3.22. The highest BCUT2D eigenvalue weighted by molar-refractivity contribution is 7.11. The minimum absolute atomic E-state index is 0.585. The molecule has 1 fully saturated rings. The smallest absolute Gasteiger partial charge is 0.148 e. The lowest BCUT2D eigenvalue weighted by atomic mass is 9.85. The largest absolute Gasteiger partial charge is 0.382 e. The van der Waals surface area contributed by atoms with Crippen molar-refractivity contribution in [3.05, 3.63) is 10.4 Å². The molecule has 2 aromatic heterocycles. The molecule has 96 valence electrons. The van der Waals surface area contributed by atoms with Gasteiger partial charge in [-0.1, -0.05) is 6.42 Å². The second kappa shape index (κ2) is 4.85. The number of nitrogens with two attached hydrogens (primary N) is 1. The van der Waals surface area contributed by atoms with Crippen molar-refractivity contribution in [2.75, 3.05) is 17.6 Å². The first-order chi connectivity index (χ1) is 8.74. The maximum Gasteiger partial charge on any atom is 0.148 e. The van der Waals surface area contributed by atoms with Gasteiger partial charge in [-0.3, -0.25) is 0 Å². The van der Waals surface area contributed by atoms with Gasteiger partial charge in [0.05, 0.1) is 16.3 Å². The van der Waals surface area contributed by atoms with Crippen molar-refractivity contribution < 1.29 is 0 Å². The first-order valence-corrected chi connectivity index (χ1v) is 7.81. The number of aryl methyl sites for hydroxylation is 1. The lowest BCUT2D eigenvalue weighted by Gasteiger charge is -2.25. The molecule has 0 unspecified atom stereocenters. The van der Waals surface area contributed by atoms with E-state index in [4.69, 9.17) is 5.73 Å². The van der Waals surface area contributed by atoms with Crippen molar-refractivity contribution in [3.8, 4) is 11.3 Å². The van der Waals surface area contributed by atoms with E-state index >= 15 is 0 Å². The first-order valence-electron chi connectivity index (χ1n) is 6.15. The van der Waals surface area contributed by atoms with Crippen LogP contribution in [0.1, 0.15) is 24.3 Å². The number of nitrogens with zero attached hydrogens (tertiary/aromatic N) is 2. The molecule has 0 aromatic carbocycles. The topological polar surface area (TPSA) is 63.8 Å². The average Bonchev–Trinajstić information content (AvgIpc) is 2.83. The third-order valence-corrected chi connectivity index (χ3v) is 4.96. The van der Waals surface area contributed by atoms with Crippen molar-refractivity contribution in [2.45, 2.75) is 26.2 Å². The summed E-state index contributed by atoms with van der Waals surface area (Å²) in [6.07, 6.45) is 4.05. The van der Waals surface area contributed by atoms with E-state index in [0.29, 0.717) is 5.82 Å². The lowest BCUT2D eigenvalue weighted by Crippen LogP contribution is -2.20. The Morgan fingerprint density at radius 1 is 1.50 bits per heavy atom. The van der Waals surface area contributed by atoms with E-state index in [0.717, 1.165) is 33.7 Å². The minimum atomic E-state index is 0.585. The molecule has 0 atom stereocenters. The van der Waals surface area contributed by atoms with Crippen LogP contribution in [0.5, 0.6) is 0 Å². The molecule has 0 saturated heterocycles. The van der Waals surface area contributed by atoms with Crippen LogP contribution in [0, 0.1) is 12.8 Å². The van der Waals surface area contributed by atoms with Gasteiger partial charge in [0, 0.05) is 11.9 Å². The summed E-state index contributed by atoms with van der Waals surface area (Å²) in [5.41, 5.74) is 7.88. The summed E-state index contributed by atoms with van der Waals surface area (Å²) in [5, 5.41) is 7.65. The molecule has 0 aliphatic heterocycles. The van der Waals surface area contributed by atoms with E-state index in [1.54, 1.807) is 11.3 Å². The molecule has 3 rings (SSSR count). The van der Waals surface area contributed by atoms with Gasteiger partial charge in [0.1, 0.15) is 10.8 Å². The summed E-state index contributed by atoms with van der Waals surface area (Å²) in [5.74, 6) is 1.40. The van der Waals surface area contributed by atoms with Crippen LogP contribution in [-0.2, 0) is 0 Å². The number of anilines is 2. The minimum Gasteiger partial charge on any atom is -0.382 e. The highest BCUT2D eigenvalue weighted by atomic mass is 32.1. The fourth-order valence-corrected chi connectivity index (χ4v) is 3.42. The number of aromatic nitrogens is 2. The van der Waals surface area contributed by atoms with E-state index in [2.05, 4.69) is 14.7 Å². The number of nitrogen functional groups attached to an aromatic ring is 1. The number of thiazole rings is 1. The van der Waals surface area contributed by atoms with Gasteiger partial charge >= 0.3 is 0 Å². The third-order valence-electron chi connectivity index (χ3n) is 3.37. The van der Waals surface area contributed by atoms with Gasteiger partial charge < -0.3 is 11.1 Å². The molecule has 2 heterocycles. The van der Waals surface area contributed by atoms with E-state index < -0.39 is 0 Å². The molecule has 0 spiro atoms. The standard InChI is InChI=1S/C12H16N4S2/c1-7-15-9(6-17-7)10-11(13)16-18-12(10)14-5-8-3-2-4-8/h6,8,14H,2-5H2,1H3,(H2,13,16). The molecule has 4 nitrogen and oxygen atoms in total. The SMILES string of the molecule is Cc1nc(-c2c(N)nsc2NCC2CCC2)cs1. The highest BCUT2D eigenvalue weighted by Gasteiger charge is 2.20. The molecule has 18 heavy (non-hydrogen) atoms. The fourth-order valence-electron chi connectivity index (χ4n) is 2.08. The second-order valence-electron chi connectivity index (χ2n) is 4.70. The molecule has 6 heteroatoms. The van der Waals surface area contributed by atoms with Crippen LogP contribution in [-0.4, -0.2) is 15.9 Å². The van der Waals surface area contributed by atoms with Gasteiger partial charge in [-0.25, -0.2) is 4.98 Å². The van der Waals surface area contributed by atoms with Crippen LogP contribution in [0.3, 0.4) is 0 Å². The Labute approximate surface area is 114 Å². The van der Waals surface area contributed by atoms with Gasteiger partial charge in [-0.05, 0) is 37.2 Å². The third kappa shape index (κ3) is 2.22. The monoisotopic (exact) mass is 280 g/mol. The Bertz CT molecular complexity index is 542. The van der Waals surface area contributed by atoms with Gasteiger partial charge in [-0.2, -0.15) is 4.37 Å². The van der Waals surface area contributed by atoms with Crippen molar-refractivity contribution in [1.82, 2.24) is 9.36 Å². The quantitative estimate of drug-likeness (QED) is 0.901. The normalized spacial score (nSPS) is 15.6. The molecule has 1 aliphatic carbocycles. The van der Waals surface area contributed by atoms with Crippen LogP contribution < -0.4 is 11.1 Å². The maximum atomic E-state index is 5.96. The average molecular weight is 280 g/mol. The number of hydrogen-bond donors (Lipinski definition) is 2. The first kappa shape index (κ1) is 11.9. The summed E-state index contributed by atoms with van der Waals surface area (Å²) in [6, 6.07) is 0. The van der Waals surface area contributed by atoms with Crippen LogP contribution in [0.2, 0.25) is 0 Å². The van der Waals surface area contributed by atoms with Gasteiger partial charge in [-0.15, -0.1) is 11.3 Å². The molecule has 1 aliphatic rings. The van der Waals surface area contributed by atoms with Crippen LogP contribution in [0.25, 0.3) is 11.3 Å². The molecule has 1 saturated carbocycles. The van der Waals surface area contributed by atoms with Crippen LogP contribution in [0.4, 0.5) is 10.8 Å². The zero-order chi connectivity index (χ0) is 12.5. The zero-order valence-corrected chi connectivity index (χ0v) is 11.9. The molecule has 3 N–H and O–H groups in total. The van der Waals surface area contributed by atoms with E-state index in [1.807, 2.05) is 12.3 Å². The van der Waals surface area contributed by atoms with Gasteiger partial charge in [0.25, 0.3) is 0 Å². The maximum absolute atomic E-state index is 5.96.